The predicted octanol–water partition coefficient (Wildman–Crippen LogP) is 4.50. The van der Waals surface area contributed by atoms with Crippen molar-refractivity contribution in [1.82, 2.24) is 0 Å². The van der Waals surface area contributed by atoms with E-state index in [4.69, 9.17) is 0 Å². The molecule has 1 nitrogen and oxygen atoms in total. The van der Waals surface area contributed by atoms with E-state index < -0.39 is 5.60 Å². The molecule has 18 heavy (non-hydrogen) atoms. The Labute approximate surface area is 111 Å². The lowest BCUT2D eigenvalue weighted by molar-refractivity contribution is -0.0535. The maximum Gasteiger partial charge on any atom is 0.0924 e. The lowest BCUT2D eigenvalue weighted by Gasteiger charge is -2.41. The Hall–Kier alpha value is -0.820. The Morgan fingerprint density at radius 2 is 1.94 bits per heavy atom. The van der Waals surface area contributed by atoms with Crippen molar-refractivity contribution in [3.05, 3.63) is 35.9 Å². The topological polar surface area (TPSA) is 20.2 Å². The molecule has 3 atom stereocenters. The zero-order valence-corrected chi connectivity index (χ0v) is 11.7. The van der Waals surface area contributed by atoms with Crippen LogP contribution in [0.25, 0.3) is 0 Å². The Kier molecular flexibility index (Phi) is 4.45. The van der Waals surface area contributed by atoms with Crippen LogP contribution in [-0.4, -0.2) is 5.11 Å². The fourth-order valence-electron chi connectivity index (χ4n) is 3.56. The van der Waals surface area contributed by atoms with E-state index in [0.717, 1.165) is 24.3 Å². The molecular weight excluding hydrogens is 220 g/mol. The molecule has 0 spiro atoms. The summed E-state index contributed by atoms with van der Waals surface area (Å²) in [6.45, 7) is 4.49. The smallest absolute Gasteiger partial charge is 0.0924 e. The minimum Gasteiger partial charge on any atom is -0.385 e. The Morgan fingerprint density at radius 1 is 1.22 bits per heavy atom. The highest BCUT2D eigenvalue weighted by Crippen LogP contribution is 2.43. The van der Waals surface area contributed by atoms with Gasteiger partial charge in [0, 0.05) is 0 Å². The maximum absolute atomic E-state index is 11.2. The van der Waals surface area contributed by atoms with Crippen LogP contribution in [0.15, 0.2) is 30.3 Å². The molecule has 1 saturated carbocycles. The van der Waals surface area contributed by atoms with Gasteiger partial charge >= 0.3 is 0 Å². The first-order valence-electron chi connectivity index (χ1n) is 7.44. The Morgan fingerprint density at radius 3 is 2.56 bits per heavy atom. The van der Waals surface area contributed by atoms with Crippen LogP contribution >= 0.6 is 0 Å². The molecule has 1 aliphatic rings. The monoisotopic (exact) mass is 246 g/mol. The first kappa shape index (κ1) is 13.6. The molecule has 1 fully saturated rings. The van der Waals surface area contributed by atoms with Gasteiger partial charge in [-0.3, -0.25) is 0 Å². The van der Waals surface area contributed by atoms with E-state index >= 15 is 0 Å². The predicted molar refractivity (Wildman–Crippen MR) is 76.4 cm³/mol. The zero-order valence-electron chi connectivity index (χ0n) is 11.7. The van der Waals surface area contributed by atoms with Crippen molar-refractivity contribution in [3.63, 3.8) is 0 Å². The van der Waals surface area contributed by atoms with Gasteiger partial charge in [-0.05, 0) is 36.7 Å². The van der Waals surface area contributed by atoms with Gasteiger partial charge in [0.2, 0.25) is 0 Å². The Balaban J connectivity index is 2.25. The summed E-state index contributed by atoms with van der Waals surface area (Å²) < 4.78 is 0. The van der Waals surface area contributed by atoms with Crippen LogP contribution in [0.5, 0.6) is 0 Å². The highest BCUT2D eigenvalue weighted by molar-refractivity contribution is 5.23. The zero-order chi connectivity index (χ0) is 13.0. The molecule has 1 aliphatic carbocycles. The van der Waals surface area contributed by atoms with Crippen LogP contribution in [0.3, 0.4) is 0 Å². The van der Waals surface area contributed by atoms with Gasteiger partial charge in [-0.1, -0.05) is 63.4 Å². The van der Waals surface area contributed by atoms with Gasteiger partial charge in [0.15, 0.2) is 0 Å². The largest absolute Gasteiger partial charge is 0.385 e. The second-order valence-corrected chi connectivity index (χ2v) is 6.01. The second kappa shape index (κ2) is 5.88. The van der Waals surface area contributed by atoms with Crippen molar-refractivity contribution in [3.8, 4) is 0 Å². The lowest BCUT2D eigenvalue weighted by Crippen LogP contribution is -2.37. The standard InChI is InChI=1S/C17H26O/c1-3-12-17(18,15-9-5-4-6-10-15)16-11-7-8-14(2)13-16/h4-6,9-10,14,16,18H,3,7-8,11-13H2,1-2H3. The van der Waals surface area contributed by atoms with E-state index in [1.165, 1.54) is 25.7 Å². The number of rotatable bonds is 4. The molecular formula is C17H26O. The molecule has 0 bridgehead atoms. The van der Waals surface area contributed by atoms with Crippen molar-refractivity contribution in [2.24, 2.45) is 11.8 Å². The van der Waals surface area contributed by atoms with Crippen molar-refractivity contribution >= 4 is 0 Å². The summed E-state index contributed by atoms with van der Waals surface area (Å²) in [4.78, 5) is 0. The molecule has 1 aromatic carbocycles. The van der Waals surface area contributed by atoms with Crippen molar-refractivity contribution in [2.45, 2.75) is 58.0 Å². The average Bonchev–Trinajstić information content (AvgIpc) is 2.40. The summed E-state index contributed by atoms with van der Waals surface area (Å²) in [5.74, 6) is 1.19. The van der Waals surface area contributed by atoms with E-state index in [-0.39, 0.29) is 0 Å². The minimum absolute atomic E-state index is 0.434. The van der Waals surface area contributed by atoms with Crippen LogP contribution in [0, 0.1) is 11.8 Å². The highest BCUT2D eigenvalue weighted by atomic mass is 16.3. The van der Waals surface area contributed by atoms with Gasteiger partial charge in [-0.25, -0.2) is 0 Å². The fraction of sp³-hybridized carbons (Fsp3) is 0.647. The summed E-state index contributed by atoms with van der Waals surface area (Å²) in [5, 5.41) is 11.2. The molecule has 0 heterocycles. The van der Waals surface area contributed by atoms with Crippen LogP contribution in [0.4, 0.5) is 0 Å². The van der Waals surface area contributed by atoms with Gasteiger partial charge in [0.05, 0.1) is 5.60 Å². The van der Waals surface area contributed by atoms with E-state index in [1.54, 1.807) is 0 Å². The van der Waals surface area contributed by atoms with Crippen molar-refractivity contribution in [2.75, 3.05) is 0 Å². The van der Waals surface area contributed by atoms with E-state index in [9.17, 15) is 5.11 Å². The SMILES string of the molecule is CCCC(O)(c1ccccc1)C1CCCC(C)C1. The third-order valence-electron chi connectivity index (χ3n) is 4.52. The quantitative estimate of drug-likeness (QED) is 0.829. The first-order valence-corrected chi connectivity index (χ1v) is 7.44. The molecule has 3 unspecified atom stereocenters. The molecule has 1 aromatic rings. The van der Waals surface area contributed by atoms with Gasteiger partial charge in [0.1, 0.15) is 0 Å². The molecule has 2 rings (SSSR count). The third kappa shape index (κ3) is 2.77. The van der Waals surface area contributed by atoms with Gasteiger partial charge < -0.3 is 5.11 Å². The second-order valence-electron chi connectivity index (χ2n) is 6.01. The average molecular weight is 246 g/mol. The molecule has 0 aliphatic heterocycles. The Bertz CT molecular complexity index is 359. The molecule has 0 amide bonds. The number of benzene rings is 1. The van der Waals surface area contributed by atoms with Crippen LogP contribution < -0.4 is 0 Å². The first-order chi connectivity index (χ1) is 8.66. The summed E-state index contributed by atoms with van der Waals surface area (Å²) in [6.07, 6.45) is 6.87. The van der Waals surface area contributed by atoms with Gasteiger partial charge in [-0.2, -0.15) is 0 Å². The van der Waals surface area contributed by atoms with Crippen LogP contribution in [0.1, 0.15) is 57.9 Å². The van der Waals surface area contributed by atoms with Gasteiger partial charge in [0.25, 0.3) is 0 Å². The number of aliphatic hydroxyl groups is 1. The highest BCUT2D eigenvalue weighted by Gasteiger charge is 2.39. The molecule has 1 heteroatoms. The fourth-order valence-corrected chi connectivity index (χ4v) is 3.56. The minimum atomic E-state index is -0.606. The van der Waals surface area contributed by atoms with Crippen molar-refractivity contribution in [1.29, 1.82) is 0 Å². The summed E-state index contributed by atoms with van der Waals surface area (Å²) >= 11 is 0. The van der Waals surface area contributed by atoms with Crippen molar-refractivity contribution < 1.29 is 5.11 Å². The van der Waals surface area contributed by atoms with Crippen LogP contribution in [-0.2, 0) is 5.60 Å². The lowest BCUT2D eigenvalue weighted by atomic mass is 9.69. The summed E-state index contributed by atoms with van der Waals surface area (Å²) in [7, 11) is 0. The molecule has 0 saturated heterocycles. The van der Waals surface area contributed by atoms with E-state index in [2.05, 4.69) is 26.0 Å². The van der Waals surface area contributed by atoms with E-state index in [0.29, 0.717) is 5.92 Å². The summed E-state index contributed by atoms with van der Waals surface area (Å²) in [5.41, 5.74) is 0.510. The molecule has 0 radical (unpaired) electrons. The van der Waals surface area contributed by atoms with E-state index in [1.807, 2.05) is 18.2 Å². The number of hydrogen-bond acceptors (Lipinski definition) is 1. The van der Waals surface area contributed by atoms with Gasteiger partial charge in [-0.15, -0.1) is 0 Å². The molecule has 1 N–H and O–H groups in total. The summed E-state index contributed by atoms with van der Waals surface area (Å²) in [6, 6.07) is 10.3. The molecule has 0 aromatic heterocycles. The number of hydrogen-bond donors (Lipinski definition) is 1. The third-order valence-corrected chi connectivity index (χ3v) is 4.52. The maximum atomic E-state index is 11.2. The molecule has 100 valence electrons. The normalized spacial score (nSPS) is 27.7. The van der Waals surface area contributed by atoms with Crippen LogP contribution in [0.2, 0.25) is 0 Å².